The summed E-state index contributed by atoms with van der Waals surface area (Å²) in [5.74, 6) is -1.20. The van der Waals surface area contributed by atoms with Crippen LogP contribution in [0.2, 0.25) is 4.34 Å². The summed E-state index contributed by atoms with van der Waals surface area (Å²) in [6, 6.07) is 6.74. The van der Waals surface area contributed by atoms with Crippen LogP contribution in [-0.2, 0) is 14.3 Å². The van der Waals surface area contributed by atoms with Gasteiger partial charge in [0.2, 0.25) is 5.91 Å². The Kier molecular flexibility index (Phi) is 8.15. The topological polar surface area (TPSA) is 99.8 Å². The summed E-state index contributed by atoms with van der Waals surface area (Å²) in [6.07, 6.45) is 3.36. The van der Waals surface area contributed by atoms with Gasteiger partial charge < -0.3 is 25.6 Å². The summed E-state index contributed by atoms with van der Waals surface area (Å²) in [7, 11) is 0. The number of thiophene rings is 1. The van der Waals surface area contributed by atoms with Crippen molar-refractivity contribution in [2.75, 3.05) is 43.1 Å². The molecule has 2 heterocycles. The van der Waals surface area contributed by atoms with Crippen molar-refractivity contribution in [2.45, 2.75) is 25.3 Å². The van der Waals surface area contributed by atoms with Gasteiger partial charge in [-0.3, -0.25) is 14.4 Å². The van der Waals surface area contributed by atoms with Gasteiger partial charge in [-0.2, -0.15) is 0 Å². The van der Waals surface area contributed by atoms with E-state index in [1.807, 2.05) is 0 Å². The zero-order valence-electron chi connectivity index (χ0n) is 18.4. The number of hydrogen-bond acceptors (Lipinski definition) is 6. The fraction of sp³-hybridized carbons (Fsp3) is 0.435. The van der Waals surface area contributed by atoms with E-state index in [4.69, 9.17) is 16.3 Å². The highest BCUT2D eigenvalue weighted by Crippen LogP contribution is 2.26. The molecule has 1 aromatic heterocycles. The molecule has 2 fully saturated rings. The quantitative estimate of drug-likeness (QED) is 0.483. The van der Waals surface area contributed by atoms with E-state index in [1.165, 1.54) is 23.5 Å². The van der Waals surface area contributed by atoms with Crippen molar-refractivity contribution in [3.05, 3.63) is 45.4 Å². The lowest BCUT2D eigenvalue weighted by Gasteiger charge is -2.28. The molecule has 0 bridgehead atoms. The van der Waals surface area contributed by atoms with Crippen molar-refractivity contribution < 1.29 is 23.5 Å². The van der Waals surface area contributed by atoms with E-state index >= 15 is 0 Å². The molecule has 0 unspecified atom stereocenters. The third-order valence-corrected chi connectivity index (χ3v) is 7.20. The third kappa shape index (κ3) is 6.12. The number of carbonyl (C=O) groups excluding carboxylic acids is 3. The van der Waals surface area contributed by atoms with E-state index in [9.17, 15) is 18.8 Å². The fourth-order valence-electron chi connectivity index (χ4n) is 3.77. The Morgan fingerprint density at radius 2 is 2.09 bits per heavy atom. The first-order valence-electron chi connectivity index (χ1n) is 11.2. The van der Waals surface area contributed by atoms with Crippen molar-refractivity contribution in [3.63, 3.8) is 0 Å². The molecule has 1 atom stereocenters. The predicted octanol–water partition coefficient (Wildman–Crippen LogP) is 3.03. The molecule has 3 amide bonds. The van der Waals surface area contributed by atoms with Crippen LogP contribution in [0, 0.1) is 11.7 Å². The lowest BCUT2D eigenvalue weighted by molar-refractivity contribution is -0.125. The lowest BCUT2D eigenvalue weighted by Crippen LogP contribution is -2.50. The Bertz CT molecular complexity index is 1060. The lowest BCUT2D eigenvalue weighted by atomic mass is 9.85. The van der Waals surface area contributed by atoms with E-state index in [-0.39, 0.29) is 30.7 Å². The fourth-order valence-corrected chi connectivity index (χ4v) is 4.73. The molecule has 34 heavy (non-hydrogen) atoms. The van der Waals surface area contributed by atoms with E-state index < -0.39 is 17.8 Å². The molecule has 11 heteroatoms. The maximum absolute atomic E-state index is 14.8. The van der Waals surface area contributed by atoms with Crippen LogP contribution in [0.3, 0.4) is 0 Å². The van der Waals surface area contributed by atoms with Crippen molar-refractivity contribution in [1.82, 2.24) is 10.6 Å². The first kappa shape index (κ1) is 24.6. The SMILES string of the molecule is O=C(NC[C@H](NCC1CCC1)C(=O)Nc1ccc(N2CCOCC2=O)cc1F)c1ccc(Cl)s1. The Morgan fingerprint density at radius 1 is 1.26 bits per heavy atom. The Hall–Kier alpha value is -2.53. The summed E-state index contributed by atoms with van der Waals surface area (Å²) in [5.41, 5.74) is 0.409. The van der Waals surface area contributed by atoms with Crippen LogP contribution >= 0.6 is 22.9 Å². The number of anilines is 2. The minimum absolute atomic E-state index is 0.00117. The number of carbonyl (C=O) groups is 3. The number of ether oxygens (including phenoxy) is 1. The van der Waals surface area contributed by atoms with Crippen LogP contribution in [0.4, 0.5) is 15.8 Å². The number of benzene rings is 1. The highest BCUT2D eigenvalue weighted by atomic mass is 35.5. The first-order valence-corrected chi connectivity index (χ1v) is 12.4. The number of morpholine rings is 1. The van der Waals surface area contributed by atoms with Crippen LogP contribution in [0.1, 0.15) is 28.9 Å². The van der Waals surface area contributed by atoms with Gasteiger partial charge in [0.1, 0.15) is 18.5 Å². The second-order valence-electron chi connectivity index (χ2n) is 8.32. The van der Waals surface area contributed by atoms with Crippen LogP contribution in [0.25, 0.3) is 0 Å². The standard InChI is InChI=1S/C23H26ClFN4O4S/c24-20-7-6-19(34-20)23(32)27-12-18(26-11-14-2-1-3-14)22(31)28-17-5-4-15(10-16(17)25)29-8-9-33-13-21(29)30/h4-7,10,14,18,26H,1-3,8-9,11-13H2,(H,27,32)(H,28,31)/t18-/m0/s1. The zero-order valence-corrected chi connectivity index (χ0v) is 20.0. The van der Waals surface area contributed by atoms with Gasteiger partial charge in [0.05, 0.1) is 21.5 Å². The van der Waals surface area contributed by atoms with Gasteiger partial charge in [-0.25, -0.2) is 4.39 Å². The zero-order chi connectivity index (χ0) is 24.1. The maximum Gasteiger partial charge on any atom is 0.261 e. The summed E-state index contributed by atoms with van der Waals surface area (Å²) in [5, 5.41) is 8.56. The van der Waals surface area contributed by atoms with E-state index in [2.05, 4.69) is 16.0 Å². The van der Waals surface area contributed by atoms with Crippen LogP contribution < -0.4 is 20.9 Å². The van der Waals surface area contributed by atoms with E-state index in [0.717, 1.165) is 24.2 Å². The van der Waals surface area contributed by atoms with Gasteiger partial charge in [-0.1, -0.05) is 18.0 Å². The highest BCUT2D eigenvalue weighted by Gasteiger charge is 2.25. The summed E-state index contributed by atoms with van der Waals surface area (Å²) in [6.45, 7) is 1.35. The maximum atomic E-state index is 14.8. The molecule has 0 radical (unpaired) electrons. The van der Waals surface area contributed by atoms with Crippen LogP contribution in [-0.4, -0.2) is 56.6 Å². The number of rotatable bonds is 9. The normalized spacial score (nSPS) is 17.2. The number of nitrogens with zero attached hydrogens (tertiary/aromatic N) is 1. The minimum Gasteiger partial charge on any atom is -0.370 e. The molecule has 1 aliphatic carbocycles. The molecule has 3 N–H and O–H groups in total. The van der Waals surface area contributed by atoms with Gasteiger partial charge in [0, 0.05) is 18.8 Å². The van der Waals surface area contributed by atoms with Crippen LogP contribution in [0.15, 0.2) is 30.3 Å². The highest BCUT2D eigenvalue weighted by molar-refractivity contribution is 7.18. The van der Waals surface area contributed by atoms with Crippen LogP contribution in [0.5, 0.6) is 0 Å². The molecule has 2 aromatic rings. The molecule has 1 aliphatic heterocycles. The average Bonchev–Trinajstić information content (AvgIpc) is 3.22. The molecular weight excluding hydrogens is 483 g/mol. The van der Waals surface area contributed by atoms with Gasteiger partial charge in [0.25, 0.3) is 11.8 Å². The smallest absolute Gasteiger partial charge is 0.261 e. The number of hydrogen-bond donors (Lipinski definition) is 3. The largest absolute Gasteiger partial charge is 0.370 e. The Balaban J connectivity index is 1.40. The molecule has 8 nitrogen and oxygen atoms in total. The Labute approximate surface area is 205 Å². The monoisotopic (exact) mass is 508 g/mol. The molecule has 1 saturated heterocycles. The summed E-state index contributed by atoms with van der Waals surface area (Å²) < 4.78 is 20.4. The third-order valence-electron chi connectivity index (χ3n) is 5.97. The van der Waals surface area contributed by atoms with Gasteiger partial charge in [0.15, 0.2) is 0 Å². The van der Waals surface area contributed by atoms with Gasteiger partial charge >= 0.3 is 0 Å². The van der Waals surface area contributed by atoms with E-state index in [0.29, 0.717) is 40.5 Å². The second kappa shape index (κ2) is 11.3. The van der Waals surface area contributed by atoms with Crippen molar-refractivity contribution in [2.24, 2.45) is 5.92 Å². The van der Waals surface area contributed by atoms with Gasteiger partial charge in [-0.15, -0.1) is 11.3 Å². The molecule has 1 saturated carbocycles. The minimum atomic E-state index is -0.750. The number of nitrogens with one attached hydrogen (secondary N) is 3. The molecule has 1 aromatic carbocycles. The average molecular weight is 509 g/mol. The second-order valence-corrected chi connectivity index (χ2v) is 10.0. The summed E-state index contributed by atoms with van der Waals surface area (Å²) in [4.78, 5) is 39.3. The van der Waals surface area contributed by atoms with Crippen molar-refractivity contribution in [1.29, 1.82) is 0 Å². The molecule has 182 valence electrons. The predicted molar refractivity (Wildman–Crippen MR) is 129 cm³/mol. The Morgan fingerprint density at radius 3 is 2.74 bits per heavy atom. The van der Waals surface area contributed by atoms with Crippen molar-refractivity contribution >= 4 is 52.0 Å². The molecule has 4 rings (SSSR count). The number of amides is 3. The molecule has 2 aliphatic rings. The number of halogens is 2. The van der Waals surface area contributed by atoms with Gasteiger partial charge in [-0.05, 0) is 55.6 Å². The molecule has 0 spiro atoms. The van der Waals surface area contributed by atoms with E-state index in [1.54, 1.807) is 18.2 Å². The molecular formula is C23H26ClFN4O4S. The van der Waals surface area contributed by atoms with Crippen molar-refractivity contribution in [3.8, 4) is 0 Å². The summed E-state index contributed by atoms with van der Waals surface area (Å²) >= 11 is 7.05. The first-order chi connectivity index (χ1) is 16.4.